The summed E-state index contributed by atoms with van der Waals surface area (Å²) in [5.74, 6) is 0.644. The van der Waals surface area contributed by atoms with Crippen LogP contribution in [0.4, 0.5) is 0 Å². The number of ether oxygens (including phenoxy) is 2. The summed E-state index contributed by atoms with van der Waals surface area (Å²) in [7, 11) is -0.635. The summed E-state index contributed by atoms with van der Waals surface area (Å²) in [6.45, 7) is 1.05. The summed E-state index contributed by atoms with van der Waals surface area (Å²) in [4.78, 5) is 14.9. The number of nitrogens with zero attached hydrogens (tertiary/aromatic N) is 2. The average Bonchev–Trinajstić information content (AvgIpc) is 2.82. The van der Waals surface area contributed by atoms with Crippen LogP contribution in [0, 0.1) is 0 Å². The van der Waals surface area contributed by atoms with Gasteiger partial charge in [0.25, 0.3) is 5.91 Å². The maximum absolute atomic E-state index is 13.1. The molecule has 7 nitrogen and oxygen atoms in total. The van der Waals surface area contributed by atoms with Crippen LogP contribution in [0.3, 0.4) is 0 Å². The van der Waals surface area contributed by atoms with Crippen molar-refractivity contribution in [1.82, 2.24) is 9.21 Å². The molecule has 1 amide bonds. The molecule has 1 heterocycles. The average molecular weight is 441 g/mol. The van der Waals surface area contributed by atoms with Crippen molar-refractivity contribution in [2.75, 3.05) is 40.4 Å². The zero-order valence-corrected chi connectivity index (χ0v) is 18.3. The van der Waals surface area contributed by atoms with E-state index in [4.69, 9.17) is 9.47 Å². The quantitative estimate of drug-likeness (QED) is 0.610. The second-order valence-electron chi connectivity index (χ2n) is 7.25. The highest BCUT2D eigenvalue weighted by Gasteiger charge is 2.31. The molecular weight excluding hydrogens is 416 g/mol. The number of fused-ring (bicyclic) bond motifs is 1. The van der Waals surface area contributed by atoms with Crippen LogP contribution < -0.4 is 9.47 Å². The SMILES string of the molecule is COc1cccc(C(=O)N2CCN(S(=O)(=O)c3ccc4ccccc4c3)CC2)c1OC. The largest absolute Gasteiger partial charge is 0.493 e. The number of amides is 1. The Morgan fingerprint density at radius 3 is 2.23 bits per heavy atom. The fourth-order valence-corrected chi connectivity index (χ4v) is 5.29. The van der Waals surface area contributed by atoms with Crippen molar-refractivity contribution < 1.29 is 22.7 Å². The van der Waals surface area contributed by atoms with Crippen LogP contribution in [-0.4, -0.2) is 63.9 Å². The number of rotatable bonds is 5. The highest BCUT2D eigenvalue weighted by molar-refractivity contribution is 7.89. The van der Waals surface area contributed by atoms with Crippen molar-refractivity contribution in [3.05, 3.63) is 66.2 Å². The summed E-state index contributed by atoms with van der Waals surface area (Å²) < 4.78 is 38.4. The van der Waals surface area contributed by atoms with Crippen molar-refractivity contribution >= 4 is 26.7 Å². The summed E-state index contributed by atoms with van der Waals surface area (Å²) in [6.07, 6.45) is 0. The van der Waals surface area contributed by atoms with Crippen LogP contribution in [0.15, 0.2) is 65.6 Å². The number of para-hydroxylation sites is 1. The Kier molecular flexibility index (Phi) is 5.84. The van der Waals surface area contributed by atoms with E-state index in [0.717, 1.165) is 10.8 Å². The van der Waals surface area contributed by atoms with Gasteiger partial charge in [-0.15, -0.1) is 0 Å². The minimum absolute atomic E-state index is 0.210. The fraction of sp³-hybridized carbons (Fsp3) is 0.261. The topological polar surface area (TPSA) is 76.2 Å². The van der Waals surface area contributed by atoms with Crippen molar-refractivity contribution in [2.45, 2.75) is 4.90 Å². The van der Waals surface area contributed by atoms with Crippen LogP contribution in [-0.2, 0) is 10.0 Å². The molecule has 1 saturated heterocycles. The lowest BCUT2D eigenvalue weighted by Crippen LogP contribution is -2.50. The third kappa shape index (κ3) is 3.96. The standard InChI is InChI=1S/C23H24N2O5S/c1-29-21-9-5-8-20(22(21)30-2)23(26)24-12-14-25(15-13-24)31(27,28)19-11-10-17-6-3-4-7-18(17)16-19/h3-11,16H,12-15H2,1-2H3. The lowest BCUT2D eigenvalue weighted by molar-refractivity contribution is 0.0694. The molecule has 3 aromatic carbocycles. The van der Waals surface area contributed by atoms with Crippen LogP contribution in [0.25, 0.3) is 10.8 Å². The lowest BCUT2D eigenvalue weighted by Gasteiger charge is -2.34. The number of carbonyl (C=O) groups excluding carboxylic acids is 1. The number of piperazine rings is 1. The monoisotopic (exact) mass is 440 g/mol. The van der Waals surface area contributed by atoms with E-state index in [0.29, 0.717) is 30.2 Å². The molecule has 0 unspecified atom stereocenters. The van der Waals surface area contributed by atoms with E-state index in [1.54, 1.807) is 35.2 Å². The van der Waals surface area contributed by atoms with E-state index < -0.39 is 10.0 Å². The minimum atomic E-state index is -3.64. The molecule has 0 atom stereocenters. The Balaban J connectivity index is 1.51. The van der Waals surface area contributed by atoms with Gasteiger partial charge in [-0.05, 0) is 35.0 Å². The van der Waals surface area contributed by atoms with Gasteiger partial charge in [0.15, 0.2) is 11.5 Å². The molecular formula is C23H24N2O5S. The van der Waals surface area contributed by atoms with Crippen molar-refractivity contribution in [1.29, 1.82) is 0 Å². The molecule has 4 rings (SSSR count). The number of sulfonamides is 1. The molecule has 0 aromatic heterocycles. The van der Waals surface area contributed by atoms with E-state index in [9.17, 15) is 13.2 Å². The predicted molar refractivity (Wildman–Crippen MR) is 118 cm³/mol. The van der Waals surface area contributed by atoms with Gasteiger partial charge in [-0.1, -0.05) is 36.4 Å². The fourth-order valence-electron chi connectivity index (χ4n) is 3.83. The van der Waals surface area contributed by atoms with Crippen LogP contribution in [0.5, 0.6) is 11.5 Å². The van der Waals surface area contributed by atoms with Gasteiger partial charge < -0.3 is 14.4 Å². The molecule has 1 fully saturated rings. The Bertz CT molecular complexity index is 1220. The van der Waals surface area contributed by atoms with E-state index in [1.165, 1.54) is 18.5 Å². The number of carbonyl (C=O) groups is 1. The Morgan fingerprint density at radius 1 is 0.839 bits per heavy atom. The number of methoxy groups -OCH3 is 2. The smallest absolute Gasteiger partial charge is 0.257 e. The first-order valence-corrected chi connectivity index (χ1v) is 11.4. The molecule has 162 valence electrons. The summed E-state index contributed by atoms with van der Waals surface area (Å²) in [6, 6.07) is 17.9. The zero-order valence-electron chi connectivity index (χ0n) is 17.4. The van der Waals surface area contributed by atoms with Gasteiger partial charge in [0.2, 0.25) is 10.0 Å². The maximum atomic E-state index is 13.1. The normalized spacial score (nSPS) is 15.1. The minimum Gasteiger partial charge on any atom is -0.493 e. The van der Waals surface area contributed by atoms with Gasteiger partial charge in [0, 0.05) is 26.2 Å². The predicted octanol–water partition coefficient (Wildman–Crippen LogP) is 3.00. The summed E-state index contributed by atoms with van der Waals surface area (Å²) in [5.41, 5.74) is 0.396. The van der Waals surface area contributed by atoms with Gasteiger partial charge in [0.05, 0.1) is 24.7 Å². The number of hydrogen-bond acceptors (Lipinski definition) is 5. The lowest BCUT2D eigenvalue weighted by atomic mass is 10.1. The first-order chi connectivity index (χ1) is 15.0. The molecule has 0 radical (unpaired) electrons. The molecule has 8 heteroatoms. The zero-order chi connectivity index (χ0) is 22.0. The van der Waals surface area contributed by atoms with E-state index in [1.807, 2.05) is 30.3 Å². The van der Waals surface area contributed by atoms with Gasteiger partial charge in [0.1, 0.15) is 0 Å². The molecule has 0 N–H and O–H groups in total. The van der Waals surface area contributed by atoms with Crippen LogP contribution >= 0.6 is 0 Å². The number of hydrogen-bond donors (Lipinski definition) is 0. The number of benzene rings is 3. The van der Waals surface area contributed by atoms with Gasteiger partial charge in [-0.2, -0.15) is 4.31 Å². The third-order valence-corrected chi connectivity index (χ3v) is 7.41. The van der Waals surface area contributed by atoms with Gasteiger partial charge in [-0.3, -0.25) is 4.79 Å². The van der Waals surface area contributed by atoms with Crippen LogP contribution in [0.1, 0.15) is 10.4 Å². The molecule has 31 heavy (non-hydrogen) atoms. The first-order valence-electron chi connectivity index (χ1n) is 9.95. The van der Waals surface area contributed by atoms with E-state index in [2.05, 4.69) is 0 Å². The van der Waals surface area contributed by atoms with Crippen molar-refractivity contribution in [3.8, 4) is 11.5 Å². The molecule has 0 saturated carbocycles. The summed E-state index contributed by atoms with van der Waals surface area (Å²) >= 11 is 0. The first kappa shape index (κ1) is 21.1. The highest BCUT2D eigenvalue weighted by atomic mass is 32.2. The van der Waals surface area contributed by atoms with E-state index in [-0.39, 0.29) is 23.9 Å². The highest BCUT2D eigenvalue weighted by Crippen LogP contribution is 2.32. The molecule has 0 aliphatic carbocycles. The Hall–Kier alpha value is -3.10. The Labute approximate surface area is 181 Å². The van der Waals surface area contributed by atoms with E-state index >= 15 is 0 Å². The second kappa shape index (κ2) is 8.56. The molecule has 0 bridgehead atoms. The molecule has 3 aromatic rings. The molecule has 1 aliphatic heterocycles. The third-order valence-electron chi connectivity index (χ3n) is 5.52. The summed E-state index contributed by atoms with van der Waals surface area (Å²) in [5, 5.41) is 1.87. The molecule has 0 spiro atoms. The van der Waals surface area contributed by atoms with Gasteiger partial charge >= 0.3 is 0 Å². The second-order valence-corrected chi connectivity index (χ2v) is 9.18. The van der Waals surface area contributed by atoms with Crippen molar-refractivity contribution in [3.63, 3.8) is 0 Å². The van der Waals surface area contributed by atoms with Gasteiger partial charge in [-0.25, -0.2) is 8.42 Å². The maximum Gasteiger partial charge on any atom is 0.257 e. The van der Waals surface area contributed by atoms with Crippen LogP contribution in [0.2, 0.25) is 0 Å². The molecule has 1 aliphatic rings. The van der Waals surface area contributed by atoms with Crippen molar-refractivity contribution in [2.24, 2.45) is 0 Å². The Morgan fingerprint density at radius 2 is 1.55 bits per heavy atom.